The maximum absolute atomic E-state index is 13.5. The van der Waals surface area contributed by atoms with E-state index in [4.69, 9.17) is 0 Å². The van der Waals surface area contributed by atoms with Crippen LogP contribution in [0.25, 0.3) is 0 Å². The van der Waals surface area contributed by atoms with Crippen molar-refractivity contribution in [3.05, 3.63) is 22.8 Å². The molecule has 1 aliphatic carbocycles. The van der Waals surface area contributed by atoms with Gasteiger partial charge in [-0.25, -0.2) is 0 Å². The molecule has 0 saturated carbocycles. The zero-order valence-electron chi connectivity index (χ0n) is 10.0. The highest BCUT2D eigenvalue weighted by molar-refractivity contribution is 6.23. The van der Waals surface area contributed by atoms with E-state index < -0.39 is 40.7 Å². The van der Waals surface area contributed by atoms with E-state index in [2.05, 4.69) is 0 Å². The summed E-state index contributed by atoms with van der Waals surface area (Å²) < 4.78 is 88.8. The molecule has 0 radical (unpaired) electrons. The normalized spacial score (nSPS) is 18.6. The molecule has 0 aromatic rings. The molecule has 0 aromatic carbocycles. The van der Waals surface area contributed by atoms with Crippen LogP contribution in [0, 0.1) is 0 Å². The molecule has 0 spiro atoms. The number of rotatable bonds is 2. The van der Waals surface area contributed by atoms with E-state index in [1.807, 2.05) is 0 Å². The molecule has 0 heterocycles. The molecule has 0 saturated heterocycles. The zero-order valence-corrected chi connectivity index (χ0v) is 10.0. The second-order valence-electron chi connectivity index (χ2n) is 4.17. The molecule has 0 aliphatic heterocycles. The highest BCUT2D eigenvalue weighted by atomic mass is 19.4. The molecule has 0 aromatic heterocycles. The summed E-state index contributed by atoms with van der Waals surface area (Å²) in [6.45, 7) is 1.66. The summed E-state index contributed by atoms with van der Waals surface area (Å²) in [6.07, 6.45) is -6.26. The lowest BCUT2D eigenvalue weighted by molar-refractivity contribution is -0.343. The first kappa shape index (κ1) is 16.4. The van der Waals surface area contributed by atoms with Gasteiger partial charge in [0, 0.05) is 11.1 Å². The molecule has 0 unspecified atom stereocenters. The quantitative estimate of drug-likeness (QED) is 0.580. The van der Waals surface area contributed by atoms with Gasteiger partial charge in [-0.15, -0.1) is 0 Å². The van der Waals surface area contributed by atoms with Gasteiger partial charge in [-0.3, -0.25) is 9.59 Å². The van der Waals surface area contributed by atoms with Crippen LogP contribution >= 0.6 is 0 Å². The van der Waals surface area contributed by atoms with Gasteiger partial charge >= 0.3 is 18.0 Å². The maximum Gasteiger partial charge on any atom is 0.460 e. The Labute approximate surface area is 107 Å². The van der Waals surface area contributed by atoms with Crippen LogP contribution in [-0.2, 0) is 9.59 Å². The Balaban J connectivity index is 3.51. The third kappa shape index (κ3) is 2.14. The lowest BCUT2D eigenvalue weighted by Gasteiger charge is -2.31. The largest absolute Gasteiger partial charge is 0.460 e. The topological polar surface area (TPSA) is 34.1 Å². The van der Waals surface area contributed by atoms with Gasteiger partial charge in [0.25, 0.3) is 0 Å². The summed E-state index contributed by atoms with van der Waals surface area (Å²) in [6, 6.07) is 0. The first-order valence-corrected chi connectivity index (χ1v) is 5.06. The Morgan fingerprint density at radius 1 is 0.900 bits per heavy atom. The van der Waals surface area contributed by atoms with Crippen LogP contribution in [0.4, 0.5) is 30.7 Å². The highest BCUT2D eigenvalue weighted by Crippen LogP contribution is 2.51. The monoisotopic (exact) mass is 304 g/mol. The van der Waals surface area contributed by atoms with Gasteiger partial charge in [0.1, 0.15) is 0 Å². The third-order valence-electron chi connectivity index (χ3n) is 2.73. The van der Waals surface area contributed by atoms with Crippen molar-refractivity contribution >= 4 is 11.6 Å². The van der Waals surface area contributed by atoms with Crippen molar-refractivity contribution in [3.8, 4) is 0 Å². The van der Waals surface area contributed by atoms with Crippen molar-refractivity contribution in [3.63, 3.8) is 0 Å². The number of allylic oxidation sites excluding steroid dienone is 4. The van der Waals surface area contributed by atoms with Crippen LogP contribution in [0.3, 0.4) is 0 Å². The Hall–Kier alpha value is -1.67. The van der Waals surface area contributed by atoms with Gasteiger partial charge in [0.15, 0.2) is 11.6 Å². The summed E-state index contributed by atoms with van der Waals surface area (Å²) in [5.41, 5.74) is -3.57. The maximum atomic E-state index is 13.5. The van der Waals surface area contributed by atoms with Gasteiger partial charge in [0.2, 0.25) is 0 Å². The third-order valence-corrected chi connectivity index (χ3v) is 2.73. The minimum Gasteiger partial charge on any atom is -0.289 e. The molecular weight excluding hydrogens is 297 g/mol. The van der Waals surface area contributed by atoms with Crippen molar-refractivity contribution in [2.24, 2.45) is 0 Å². The van der Waals surface area contributed by atoms with Crippen LogP contribution in [-0.4, -0.2) is 29.6 Å². The summed E-state index contributed by atoms with van der Waals surface area (Å²) >= 11 is 0. The predicted octanol–water partition coefficient (Wildman–Crippen LogP) is 3.23. The van der Waals surface area contributed by atoms with Crippen molar-refractivity contribution in [1.29, 1.82) is 0 Å². The average molecular weight is 304 g/mol. The molecule has 0 fully saturated rings. The zero-order chi connectivity index (χ0) is 16.1. The summed E-state index contributed by atoms with van der Waals surface area (Å²) in [7, 11) is 0. The highest BCUT2D eigenvalue weighted by Gasteiger charge is 2.75. The molecule has 1 rings (SSSR count). The van der Waals surface area contributed by atoms with Gasteiger partial charge < -0.3 is 0 Å². The number of halogens is 7. The van der Waals surface area contributed by atoms with E-state index in [0.717, 1.165) is 6.92 Å². The van der Waals surface area contributed by atoms with Gasteiger partial charge in [0.05, 0.1) is 5.57 Å². The predicted molar refractivity (Wildman–Crippen MR) is 52.4 cm³/mol. The molecule has 9 heteroatoms. The number of ketones is 2. The van der Waals surface area contributed by atoms with Crippen LogP contribution in [0.5, 0.6) is 0 Å². The molecule has 0 bridgehead atoms. The molecule has 112 valence electrons. The summed E-state index contributed by atoms with van der Waals surface area (Å²) in [4.78, 5) is 22.7. The molecular formula is C11H7F7O2. The van der Waals surface area contributed by atoms with Crippen LogP contribution in [0.2, 0.25) is 0 Å². The number of hydrogen-bond acceptors (Lipinski definition) is 2. The second kappa shape index (κ2) is 4.42. The number of carbonyl (C=O) groups is 2. The van der Waals surface area contributed by atoms with E-state index in [9.17, 15) is 40.3 Å². The Morgan fingerprint density at radius 2 is 1.35 bits per heavy atom. The SMILES string of the molecule is CC1=CC(=O)C(C(F)(F)C(F)(F)C(F)(F)F)=C(C)C1=O. The Bertz CT molecular complexity index is 537. The fourth-order valence-electron chi connectivity index (χ4n) is 1.65. The van der Waals surface area contributed by atoms with E-state index in [1.165, 1.54) is 0 Å². The molecule has 1 aliphatic rings. The van der Waals surface area contributed by atoms with E-state index >= 15 is 0 Å². The van der Waals surface area contributed by atoms with Crippen molar-refractivity contribution in [1.82, 2.24) is 0 Å². The van der Waals surface area contributed by atoms with Crippen molar-refractivity contribution < 1.29 is 40.3 Å². The minimum absolute atomic E-state index is 0.311. The number of Topliss-reactive ketones (excluding diaryl/α,β-unsaturated/α-hetero) is 1. The van der Waals surface area contributed by atoms with E-state index in [0.29, 0.717) is 13.0 Å². The molecule has 2 nitrogen and oxygen atoms in total. The number of hydrogen-bond donors (Lipinski definition) is 0. The Morgan fingerprint density at radius 3 is 1.75 bits per heavy atom. The lowest BCUT2D eigenvalue weighted by atomic mass is 9.85. The smallest absolute Gasteiger partial charge is 0.289 e. The minimum atomic E-state index is -6.57. The van der Waals surface area contributed by atoms with Gasteiger partial charge in [-0.1, -0.05) is 0 Å². The first-order valence-electron chi connectivity index (χ1n) is 5.06. The number of carbonyl (C=O) groups excluding carboxylic acids is 2. The molecule has 0 atom stereocenters. The first-order chi connectivity index (χ1) is 8.75. The van der Waals surface area contributed by atoms with Crippen molar-refractivity contribution in [2.75, 3.05) is 0 Å². The average Bonchev–Trinajstić information content (AvgIpc) is 2.23. The molecule has 0 N–H and O–H groups in total. The summed E-state index contributed by atoms with van der Waals surface area (Å²) in [5.74, 6) is -15.2. The van der Waals surface area contributed by atoms with Crippen LogP contribution in [0.1, 0.15) is 13.8 Å². The summed E-state index contributed by atoms with van der Waals surface area (Å²) in [5, 5.41) is 0. The number of alkyl halides is 7. The second-order valence-corrected chi connectivity index (χ2v) is 4.17. The molecule has 20 heavy (non-hydrogen) atoms. The standard InChI is InChI=1S/C11H7F7O2/c1-4-3-6(19)7(5(2)8(4)20)9(12,13)10(14,15)11(16,17)18/h3H,1-2H3. The van der Waals surface area contributed by atoms with Crippen LogP contribution in [0.15, 0.2) is 22.8 Å². The molecule has 0 amide bonds. The van der Waals surface area contributed by atoms with Crippen molar-refractivity contribution in [2.45, 2.75) is 31.9 Å². The van der Waals surface area contributed by atoms with Gasteiger partial charge in [-0.05, 0) is 19.9 Å². The van der Waals surface area contributed by atoms with Gasteiger partial charge in [-0.2, -0.15) is 30.7 Å². The fraction of sp³-hybridized carbons (Fsp3) is 0.455. The fourth-order valence-corrected chi connectivity index (χ4v) is 1.65. The van der Waals surface area contributed by atoms with E-state index in [1.54, 1.807) is 0 Å². The Kier molecular flexibility index (Phi) is 3.62. The van der Waals surface area contributed by atoms with E-state index in [-0.39, 0.29) is 5.57 Å². The lowest BCUT2D eigenvalue weighted by Crippen LogP contribution is -2.54. The van der Waals surface area contributed by atoms with Crippen LogP contribution < -0.4 is 0 Å².